The number of benzene rings is 2. The standard InChI is InChI=1S/C15H22O3.C14H21NO2.C5H11NO.C5H9NO.2BrH.2Mg/c1-2-7-14(8-3-1)9-6-12-17-18-13-15-10-4-5-11-16-15;16-12-14-9-4-10-15(14)17-11-5-8-13-6-2-1-3-7-13;2*7-4-5-2-1-3-6-5;;;;/h1-3,7-8,15H,4-6,9-13H2;1-3,6-7,14,16H,4-5,8-12H2;5-7H,1-4H2;5H,1-4H2;2*1H;;/q;;;-2;;;2*+2/p-2/t;14-;2*5-;;;;/m.000..../s1. The Morgan fingerprint density at radius 2 is 1.45 bits per heavy atom. The third-order valence-electron chi connectivity index (χ3n) is 9.05. The van der Waals surface area contributed by atoms with Crippen molar-refractivity contribution in [1.82, 2.24) is 10.4 Å². The maximum absolute atomic E-state index is 10.0. The van der Waals surface area contributed by atoms with Gasteiger partial charge in [0, 0.05) is 19.2 Å². The Morgan fingerprint density at radius 1 is 0.774 bits per heavy atom. The van der Waals surface area contributed by atoms with Crippen molar-refractivity contribution >= 4 is 46.1 Å². The number of rotatable bonds is 15. The summed E-state index contributed by atoms with van der Waals surface area (Å²) in [6.45, 7) is 6.29. The van der Waals surface area contributed by atoms with Crippen LogP contribution in [0.2, 0.25) is 0 Å². The molecule has 0 bridgehead atoms. The first-order valence-electron chi connectivity index (χ1n) is 18.7. The number of nitrogens with zero attached hydrogens (tertiary/aromatic N) is 2. The minimum Gasteiger partial charge on any atom is -1.00 e. The largest absolute Gasteiger partial charge is 2.00 e. The van der Waals surface area contributed by atoms with Gasteiger partial charge in [-0.15, -0.1) is 6.54 Å². The molecule has 6 rings (SSSR count). The summed E-state index contributed by atoms with van der Waals surface area (Å²) in [7, 11) is 0. The Labute approximate surface area is 372 Å². The van der Waals surface area contributed by atoms with E-state index in [1.807, 2.05) is 17.2 Å². The predicted molar refractivity (Wildman–Crippen MR) is 204 cm³/mol. The molecule has 2 aromatic rings. The molecule has 14 heteroatoms. The number of nitrogens with one attached hydrogen (secondary N) is 1. The van der Waals surface area contributed by atoms with Crippen LogP contribution in [0.5, 0.6) is 0 Å². The number of aliphatic hydroxyl groups excluding tert-OH is 2. The van der Waals surface area contributed by atoms with E-state index < -0.39 is 0 Å². The summed E-state index contributed by atoms with van der Waals surface area (Å²) in [5.74, 6) is 0. The van der Waals surface area contributed by atoms with Crippen LogP contribution in [-0.2, 0) is 32.2 Å². The second-order valence-corrected chi connectivity index (χ2v) is 13.1. The molecule has 10 nitrogen and oxygen atoms in total. The summed E-state index contributed by atoms with van der Waals surface area (Å²) in [6.07, 6.45) is 14.5. The molecule has 4 aliphatic heterocycles. The molecule has 0 amide bonds. The van der Waals surface area contributed by atoms with Crippen molar-refractivity contribution < 1.29 is 68.6 Å². The minimum absolute atomic E-state index is 0. The summed E-state index contributed by atoms with van der Waals surface area (Å²) < 4.78 is 5.55. The first-order chi connectivity index (χ1) is 24.2. The van der Waals surface area contributed by atoms with E-state index in [4.69, 9.17) is 29.6 Å². The van der Waals surface area contributed by atoms with Crippen LogP contribution in [0.25, 0.3) is 5.32 Å². The quantitative estimate of drug-likeness (QED) is 0.0807. The normalized spacial score (nSPS) is 21.7. The van der Waals surface area contributed by atoms with Crippen LogP contribution in [-0.4, -0.2) is 151 Å². The smallest absolute Gasteiger partial charge is 1.00 e. The van der Waals surface area contributed by atoms with Crippen molar-refractivity contribution in [3.8, 4) is 0 Å². The van der Waals surface area contributed by atoms with Crippen molar-refractivity contribution in [1.29, 1.82) is 0 Å². The fourth-order valence-corrected chi connectivity index (χ4v) is 6.11. The second-order valence-electron chi connectivity index (χ2n) is 13.1. The van der Waals surface area contributed by atoms with E-state index in [2.05, 4.69) is 59.2 Å². The van der Waals surface area contributed by atoms with Crippen LogP contribution in [0.1, 0.15) is 81.8 Å². The van der Waals surface area contributed by atoms with Crippen molar-refractivity contribution in [2.75, 3.05) is 65.9 Å². The number of hydrogen-bond donors (Lipinski definition) is 3. The molecule has 1 unspecified atom stereocenters. The monoisotopic (exact) mass is 891 g/mol. The van der Waals surface area contributed by atoms with E-state index in [9.17, 15) is 5.11 Å². The third kappa shape index (κ3) is 27.0. The maximum Gasteiger partial charge on any atom is 2.00 e. The zero-order valence-corrected chi connectivity index (χ0v) is 37.8. The molecule has 4 saturated heterocycles. The summed E-state index contributed by atoms with van der Waals surface area (Å²) >= 11 is 0. The first kappa shape index (κ1) is 55.6. The Bertz CT molecular complexity index is 1010. The van der Waals surface area contributed by atoms with Crippen LogP contribution >= 0.6 is 0 Å². The average Bonchev–Trinajstić information content (AvgIpc) is 3.98. The molecule has 0 radical (unpaired) electrons. The van der Waals surface area contributed by atoms with Gasteiger partial charge in [-0.25, -0.2) is 9.78 Å². The van der Waals surface area contributed by atoms with E-state index in [-0.39, 0.29) is 111 Å². The Balaban J connectivity index is 0. The fourth-order valence-electron chi connectivity index (χ4n) is 6.11. The molecular weight excluding hydrogens is 831 g/mol. The number of aliphatic hydroxyl groups is 2. The van der Waals surface area contributed by atoms with Crippen LogP contribution < -0.4 is 44.4 Å². The van der Waals surface area contributed by atoms with E-state index in [1.165, 1.54) is 30.4 Å². The van der Waals surface area contributed by atoms with Crippen molar-refractivity contribution in [3.05, 3.63) is 77.1 Å². The summed E-state index contributed by atoms with van der Waals surface area (Å²) in [5, 5.41) is 36.8. The van der Waals surface area contributed by atoms with E-state index in [0.29, 0.717) is 25.9 Å². The number of hydrogen-bond acceptors (Lipinski definition) is 9. The molecule has 0 spiro atoms. The molecule has 3 N–H and O–H groups in total. The van der Waals surface area contributed by atoms with Gasteiger partial charge in [-0.2, -0.15) is 17.7 Å². The van der Waals surface area contributed by atoms with Crippen LogP contribution in [0, 0.1) is 0 Å². The van der Waals surface area contributed by atoms with E-state index in [1.54, 1.807) is 0 Å². The molecule has 0 aromatic heterocycles. The molecule has 2 aromatic carbocycles. The first-order valence-corrected chi connectivity index (χ1v) is 18.7. The van der Waals surface area contributed by atoms with Gasteiger partial charge >= 0.3 is 46.1 Å². The number of aryl methyl sites for hydroxylation is 2. The second kappa shape index (κ2) is 38.1. The minimum atomic E-state index is 0. The van der Waals surface area contributed by atoms with Crippen molar-refractivity contribution in [3.63, 3.8) is 0 Å². The summed E-state index contributed by atoms with van der Waals surface area (Å²) in [5.41, 5.74) is 2.70. The molecule has 4 fully saturated rings. The average molecular weight is 894 g/mol. The van der Waals surface area contributed by atoms with E-state index >= 15 is 0 Å². The van der Waals surface area contributed by atoms with Gasteiger partial charge < -0.3 is 64.7 Å². The predicted octanol–water partition coefficient (Wildman–Crippen LogP) is -2.00. The molecular formula is C39H63Br2Mg2N3O7. The zero-order chi connectivity index (χ0) is 34.6. The number of hydroxylamine groups is 2. The summed E-state index contributed by atoms with van der Waals surface area (Å²) in [4.78, 5) is 16.1. The van der Waals surface area contributed by atoms with Gasteiger partial charge in [-0.1, -0.05) is 73.5 Å². The Kier molecular flexibility index (Phi) is 40.0. The van der Waals surface area contributed by atoms with E-state index in [0.717, 1.165) is 97.1 Å². The van der Waals surface area contributed by atoms with Crippen molar-refractivity contribution in [2.24, 2.45) is 0 Å². The SMILES string of the molecule is OC[C@@H]1CCCN1.OC[C@@H]1CCCN1OCCCc1ccccc1.[Br-].[Br-].[Mg+2].[Mg+2].[O-]C[C@@H]1CCC[N-]1.c1ccc(CCCOOCC2CCCCO2)cc1. The number of ether oxygens (including phenoxy) is 1. The third-order valence-corrected chi connectivity index (χ3v) is 9.05. The van der Waals surface area contributed by atoms with Gasteiger partial charge in [0.05, 0.1) is 38.6 Å². The van der Waals surface area contributed by atoms with Crippen LogP contribution in [0.3, 0.4) is 0 Å². The molecule has 0 aliphatic carbocycles. The van der Waals surface area contributed by atoms with Crippen molar-refractivity contribution in [2.45, 2.75) is 108 Å². The van der Waals surface area contributed by atoms with Gasteiger partial charge in [-0.05, 0) is 88.3 Å². The van der Waals surface area contributed by atoms with Gasteiger partial charge in [0.2, 0.25) is 0 Å². The summed E-state index contributed by atoms with van der Waals surface area (Å²) in [6, 6.07) is 21.7. The van der Waals surface area contributed by atoms with Gasteiger partial charge in [0.25, 0.3) is 0 Å². The molecule has 294 valence electrons. The number of halogens is 2. The van der Waals surface area contributed by atoms with Gasteiger partial charge in [0.1, 0.15) is 6.61 Å². The topological polar surface area (TPSA) is 130 Å². The fraction of sp³-hybridized carbons (Fsp3) is 0.692. The maximum atomic E-state index is 10.0. The Morgan fingerprint density at radius 3 is 1.94 bits per heavy atom. The molecule has 4 heterocycles. The molecule has 0 saturated carbocycles. The zero-order valence-electron chi connectivity index (χ0n) is 31.8. The molecule has 4 atom stereocenters. The van der Waals surface area contributed by atoms with Gasteiger partial charge in [0.15, 0.2) is 0 Å². The Hall–Kier alpha value is 0.532. The molecule has 53 heavy (non-hydrogen) atoms. The van der Waals surface area contributed by atoms with Crippen LogP contribution in [0.15, 0.2) is 60.7 Å². The molecule has 4 aliphatic rings. The van der Waals surface area contributed by atoms with Crippen LogP contribution in [0.4, 0.5) is 0 Å². The van der Waals surface area contributed by atoms with Gasteiger partial charge in [-0.3, -0.25) is 4.84 Å².